The topological polar surface area (TPSA) is 49.9 Å². The van der Waals surface area contributed by atoms with Gasteiger partial charge in [-0.05, 0) is 30.5 Å². The van der Waals surface area contributed by atoms with Crippen molar-refractivity contribution in [3.8, 4) is 0 Å². The molecule has 2 saturated heterocycles. The molecule has 2 aliphatic heterocycles. The minimum atomic E-state index is -0.0839. The van der Waals surface area contributed by atoms with Crippen molar-refractivity contribution in [2.24, 2.45) is 5.92 Å². The van der Waals surface area contributed by atoms with Crippen molar-refractivity contribution >= 4 is 23.4 Å². The minimum Gasteiger partial charge on any atom is -0.381 e. The van der Waals surface area contributed by atoms with Gasteiger partial charge in [0, 0.05) is 31.3 Å². The third kappa shape index (κ3) is 4.03. The van der Waals surface area contributed by atoms with Gasteiger partial charge in [0.2, 0.25) is 11.8 Å². The minimum absolute atomic E-state index is 0.00345. The van der Waals surface area contributed by atoms with E-state index in [9.17, 15) is 9.59 Å². The van der Waals surface area contributed by atoms with Crippen LogP contribution >= 0.6 is 11.6 Å². The fraction of sp³-hybridized carbons (Fsp3) is 0.529. The summed E-state index contributed by atoms with van der Waals surface area (Å²) in [7, 11) is 0. The van der Waals surface area contributed by atoms with Crippen molar-refractivity contribution in [1.82, 2.24) is 9.80 Å². The van der Waals surface area contributed by atoms with Gasteiger partial charge >= 0.3 is 0 Å². The molecule has 1 aromatic rings. The molecular formula is C17H21ClN2O3. The lowest BCUT2D eigenvalue weighted by atomic mass is 10.0. The molecule has 2 aliphatic rings. The Bertz CT molecular complexity index is 570. The summed E-state index contributed by atoms with van der Waals surface area (Å²) in [4.78, 5) is 28.3. The van der Waals surface area contributed by atoms with Crippen molar-refractivity contribution in [2.45, 2.75) is 19.4 Å². The van der Waals surface area contributed by atoms with Crippen LogP contribution in [0.4, 0.5) is 0 Å². The molecule has 0 N–H and O–H groups in total. The smallest absolute Gasteiger partial charge is 0.242 e. The van der Waals surface area contributed by atoms with Gasteiger partial charge in [0.25, 0.3) is 0 Å². The van der Waals surface area contributed by atoms with Crippen molar-refractivity contribution in [2.75, 3.05) is 32.8 Å². The predicted octanol–water partition coefficient (Wildman–Crippen LogP) is 1.94. The average Bonchev–Trinajstić information content (AvgIpc) is 2.59. The lowest BCUT2D eigenvalue weighted by molar-refractivity contribution is -0.150. The van der Waals surface area contributed by atoms with Gasteiger partial charge in [-0.2, -0.15) is 0 Å². The summed E-state index contributed by atoms with van der Waals surface area (Å²) in [6.45, 7) is 3.11. The van der Waals surface area contributed by atoms with E-state index in [1.54, 1.807) is 9.80 Å². The van der Waals surface area contributed by atoms with Crippen LogP contribution in [0.15, 0.2) is 24.3 Å². The second-order valence-corrected chi connectivity index (χ2v) is 6.55. The number of benzene rings is 1. The van der Waals surface area contributed by atoms with Gasteiger partial charge in [-0.1, -0.05) is 23.7 Å². The van der Waals surface area contributed by atoms with Crippen molar-refractivity contribution in [1.29, 1.82) is 0 Å². The van der Waals surface area contributed by atoms with Crippen molar-refractivity contribution in [3.63, 3.8) is 0 Å². The van der Waals surface area contributed by atoms with Crippen LogP contribution in [0.1, 0.15) is 18.4 Å². The number of piperazine rings is 1. The fourth-order valence-corrected chi connectivity index (χ4v) is 3.19. The Kier molecular flexibility index (Phi) is 5.18. The molecule has 0 bridgehead atoms. The van der Waals surface area contributed by atoms with E-state index in [4.69, 9.17) is 16.3 Å². The Morgan fingerprint density at radius 2 is 2.04 bits per heavy atom. The normalized spacial score (nSPS) is 22.3. The van der Waals surface area contributed by atoms with Gasteiger partial charge in [-0.3, -0.25) is 9.59 Å². The molecule has 0 aromatic heterocycles. The molecule has 0 radical (unpaired) electrons. The fourth-order valence-electron chi connectivity index (χ4n) is 3.07. The predicted molar refractivity (Wildman–Crippen MR) is 87.0 cm³/mol. The molecule has 1 atom stereocenters. The van der Waals surface area contributed by atoms with Gasteiger partial charge in [-0.15, -0.1) is 0 Å². The Labute approximate surface area is 141 Å². The third-order valence-corrected chi connectivity index (χ3v) is 4.68. The number of halogens is 1. The van der Waals surface area contributed by atoms with E-state index in [0.717, 1.165) is 25.0 Å². The Hall–Kier alpha value is -1.59. The zero-order chi connectivity index (χ0) is 16.2. The van der Waals surface area contributed by atoms with Crippen LogP contribution < -0.4 is 0 Å². The molecule has 0 saturated carbocycles. The van der Waals surface area contributed by atoms with Gasteiger partial charge in [0.15, 0.2) is 0 Å². The van der Waals surface area contributed by atoms with E-state index in [1.807, 2.05) is 24.3 Å². The number of ether oxygens (including phenoxy) is 1. The molecule has 23 heavy (non-hydrogen) atoms. The molecule has 0 spiro atoms. The monoisotopic (exact) mass is 336 g/mol. The molecule has 2 heterocycles. The number of rotatable bonds is 3. The molecule has 3 rings (SSSR count). The molecule has 124 valence electrons. The van der Waals surface area contributed by atoms with Crippen LogP contribution in [0.3, 0.4) is 0 Å². The van der Waals surface area contributed by atoms with E-state index >= 15 is 0 Å². The highest BCUT2D eigenvalue weighted by atomic mass is 35.5. The third-order valence-electron chi connectivity index (χ3n) is 4.43. The van der Waals surface area contributed by atoms with Crippen LogP contribution in [-0.2, 0) is 20.9 Å². The second kappa shape index (κ2) is 7.32. The average molecular weight is 337 g/mol. The Morgan fingerprint density at radius 1 is 1.26 bits per heavy atom. The van der Waals surface area contributed by atoms with Crippen LogP contribution in [-0.4, -0.2) is 54.5 Å². The second-order valence-electron chi connectivity index (χ2n) is 6.12. The zero-order valence-electron chi connectivity index (χ0n) is 13.0. The standard InChI is InChI=1S/C17H21ClN2O3/c18-15-5-3-13(4-6-15)10-19-7-8-20(11-16(19)21)17(22)14-2-1-9-23-12-14/h3-6,14H,1-2,7-12H2/t14-/m1/s1. The summed E-state index contributed by atoms with van der Waals surface area (Å²) in [5, 5.41) is 0.685. The van der Waals surface area contributed by atoms with Crippen LogP contribution in [0, 0.1) is 5.92 Å². The summed E-state index contributed by atoms with van der Waals surface area (Å²) in [5.74, 6) is -0.0279. The Morgan fingerprint density at radius 3 is 2.70 bits per heavy atom. The van der Waals surface area contributed by atoms with Crippen LogP contribution in [0.25, 0.3) is 0 Å². The molecule has 2 fully saturated rings. The summed E-state index contributed by atoms with van der Waals surface area (Å²) in [5.41, 5.74) is 1.04. The molecule has 0 unspecified atom stereocenters. The zero-order valence-corrected chi connectivity index (χ0v) is 13.8. The molecule has 6 heteroatoms. The highest BCUT2D eigenvalue weighted by Crippen LogP contribution is 2.19. The molecule has 1 aromatic carbocycles. The maximum Gasteiger partial charge on any atom is 0.242 e. The maximum absolute atomic E-state index is 12.5. The maximum atomic E-state index is 12.5. The first-order chi connectivity index (χ1) is 11.1. The number of carbonyl (C=O) groups excluding carboxylic acids is 2. The van der Waals surface area contributed by atoms with Crippen LogP contribution in [0.5, 0.6) is 0 Å². The van der Waals surface area contributed by atoms with Gasteiger partial charge in [0.1, 0.15) is 0 Å². The van der Waals surface area contributed by atoms with E-state index in [1.165, 1.54) is 0 Å². The lowest BCUT2D eigenvalue weighted by Gasteiger charge is -2.36. The highest BCUT2D eigenvalue weighted by molar-refractivity contribution is 6.30. The van der Waals surface area contributed by atoms with Gasteiger partial charge < -0.3 is 14.5 Å². The van der Waals surface area contributed by atoms with Crippen LogP contribution in [0.2, 0.25) is 5.02 Å². The molecule has 0 aliphatic carbocycles. The summed E-state index contributed by atoms with van der Waals surface area (Å²) >= 11 is 5.88. The van der Waals surface area contributed by atoms with Crippen molar-refractivity contribution < 1.29 is 14.3 Å². The number of nitrogens with zero attached hydrogens (tertiary/aromatic N) is 2. The SMILES string of the molecule is O=C1CN(C(=O)[C@@H]2CCCOC2)CCN1Cc1ccc(Cl)cc1. The summed E-state index contributed by atoms with van der Waals surface area (Å²) in [6, 6.07) is 7.49. The van der Waals surface area contributed by atoms with Gasteiger partial charge in [0.05, 0.1) is 19.1 Å². The molecule has 5 nitrogen and oxygen atoms in total. The van der Waals surface area contributed by atoms with Gasteiger partial charge in [-0.25, -0.2) is 0 Å². The van der Waals surface area contributed by atoms with E-state index < -0.39 is 0 Å². The first-order valence-corrected chi connectivity index (χ1v) is 8.40. The van der Waals surface area contributed by atoms with E-state index in [-0.39, 0.29) is 24.3 Å². The first-order valence-electron chi connectivity index (χ1n) is 8.02. The number of hydrogen-bond donors (Lipinski definition) is 0. The molecule has 2 amide bonds. The highest BCUT2D eigenvalue weighted by Gasteiger charge is 2.32. The largest absolute Gasteiger partial charge is 0.381 e. The van der Waals surface area contributed by atoms with Crippen molar-refractivity contribution in [3.05, 3.63) is 34.9 Å². The molecular weight excluding hydrogens is 316 g/mol. The Balaban J connectivity index is 1.55. The number of hydrogen-bond acceptors (Lipinski definition) is 3. The van der Waals surface area contributed by atoms with E-state index in [2.05, 4.69) is 0 Å². The number of amides is 2. The number of carbonyl (C=O) groups is 2. The van der Waals surface area contributed by atoms with E-state index in [0.29, 0.717) is 31.3 Å². The lowest BCUT2D eigenvalue weighted by Crippen LogP contribution is -2.53. The first kappa shape index (κ1) is 16.3. The summed E-state index contributed by atoms with van der Waals surface area (Å²) in [6.07, 6.45) is 1.78. The quantitative estimate of drug-likeness (QED) is 0.847. The summed E-state index contributed by atoms with van der Waals surface area (Å²) < 4.78 is 5.38.